The van der Waals surface area contributed by atoms with E-state index in [2.05, 4.69) is 5.32 Å². The maximum Gasteiger partial charge on any atom is 0.243 e. The monoisotopic (exact) mass is 407 g/mol. The summed E-state index contributed by atoms with van der Waals surface area (Å²) in [5.74, 6) is -0.419. The number of sulfonamides is 1. The predicted molar refractivity (Wildman–Crippen MR) is 108 cm³/mol. The Morgan fingerprint density at radius 2 is 1.89 bits per heavy atom. The van der Waals surface area contributed by atoms with Gasteiger partial charge in [0.15, 0.2) is 0 Å². The van der Waals surface area contributed by atoms with E-state index in [-0.39, 0.29) is 29.3 Å². The number of carbonyl (C=O) groups is 2. The van der Waals surface area contributed by atoms with Crippen LogP contribution in [0.2, 0.25) is 0 Å². The molecule has 1 saturated heterocycles. The molecule has 2 aliphatic heterocycles. The van der Waals surface area contributed by atoms with Gasteiger partial charge in [-0.1, -0.05) is 6.92 Å². The molecular formula is C20H29N3O4S. The second kappa shape index (κ2) is 7.48. The Morgan fingerprint density at radius 3 is 2.50 bits per heavy atom. The minimum Gasteiger partial charge on any atom is -0.352 e. The van der Waals surface area contributed by atoms with Gasteiger partial charge in [-0.15, -0.1) is 0 Å². The second-order valence-corrected chi connectivity index (χ2v) is 10.1. The highest BCUT2D eigenvalue weighted by molar-refractivity contribution is 7.89. The van der Waals surface area contributed by atoms with Crippen molar-refractivity contribution in [3.63, 3.8) is 0 Å². The van der Waals surface area contributed by atoms with Crippen molar-refractivity contribution in [2.45, 2.75) is 63.3 Å². The molecule has 1 atom stereocenters. The Labute approximate surface area is 167 Å². The highest BCUT2D eigenvalue weighted by atomic mass is 32.2. The van der Waals surface area contributed by atoms with E-state index in [4.69, 9.17) is 0 Å². The van der Waals surface area contributed by atoms with E-state index in [0.29, 0.717) is 24.3 Å². The Kier molecular flexibility index (Phi) is 5.55. The highest BCUT2D eigenvalue weighted by Crippen LogP contribution is 2.42. The number of rotatable bonds is 6. The number of hydrogen-bond acceptors (Lipinski definition) is 4. The van der Waals surface area contributed by atoms with Crippen molar-refractivity contribution in [3.8, 4) is 0 Å². The van der Waals surface area contributed by atoms with Crippen molar-refractivity contribution >= 4 is 27.5 Å². The topological polar surface area (TPSA) is 86.8 Å². The first kappa shape index (κ1) is 20.8. The molecule has 7 nitrogen and oxygen atoms in total. The lowest BCUT2D eigenvalue weighted by atomic mass is 9.86. The summed E-state index contributed by atoms with van der Waals surface area (Å²) < 4.78 is 27.3. The van der Waals surface area contributed by atoms with Crippen LogP contribution in [0.25, 0.3) is 0 Å². The van der Waals surface area contributed by atoms with Crippen LogP contribution in [-0.4, -0.2) is 50.2 Å². The van der Waals surface area contributed by atoms with Crippen LogP contribution in [0.5, 0.6) is 0 Å². The molecule has 0 unspecified atom stereocenters. The van der Waals surface area contributed by atoms with Gasteiger partial charge in [0.2, 0.25) is 21.8 Å². The van der Waals surface area contributed by atoms with Gasteiger partial charge in [-0.05, 0) is 63.8 Å². The van der Waals surface area contributed by atoms with Gasteiger partial charge >= 0.3 is 0 Å². The number of nitrogens with zero attached hydrogens (tertiary/aromatic N) is 2. The van der Waals surface area contributed by atoms with Gasteiger partial charge in [-0.3, -0.25) is 9.59 Å². The standard InChI is InChI=1S/C20H29N3O4S/c1-5-14(2)21-18(24)13-23-17-9-8-15(12-16(17)20(3,4)19(23)25)28(26,27)22-10-6-7-11-22/h8-9,12,14H,5-7,10-11,13H2,1-4H3,(H,21,24)/t14-/m1/s1. The van der Waals surface area contributed by atoms with E-state index in [1.807, 2.05) is 13.8 Å². The van der Waals surface area contributed by atoms with Crippen molar-refractivity contribution in [2.75, 3.05) is 24.5 Å². The second-order valence-electron chi connectivity index (χ2n) is 8.18. The molecule has 0 aromatic heterocycles. The third kappa shape index (κ3) is 3.55. The first-order chi connectivity index (χ1) is 13.1. The smallest absolute Gasteiger partial charge is 0.243 e. The summed E-state index contributed by atoms with van der Waals surface area (Å²) in [5.41, 5.74) is 0.367. The fourth-order valence-electron chi connectivity index (χ4n) is 3.77. The van der Waals surface area contributed by atoms with Crippen LogP contribution in [0, 0.1) is 0 Å². The molecule has 0 bridgehead atoms. The molecular weight excluding hydrogens is 378 g/mol. The van der Waals surface area contributed by atoms with Gasteiger partial charge < -0.3 is 10.2 Å². The van der Waals surface area contributed by atoms with E-state index in [0.717, 1.165) is 19.3 Å². The molecule has 0 radical (unpaired) electrons. The van der Waals surface area contributed by atoms with Crippen LogP contribution in [0.4, 0.5) is 5.69 Å². The van der Waals surface area contributed by atoms with Crippen LogP contribution in [0.1, 0.15) is 52.5 Å². The molecule has 8 heteroatoms. The molecule has 2 aliphatic rings. The molecule has 28 heavy (non-hydrogen) atoms. The van der Waals surface area contributed by atoms with Crippen molar-refractivity contribution < 1.29 is 18.0 Å². The summed E-state index contributed by atoms with van der Waals surface area (Å²) in [6.45, 7) is 8.43. The molecule has 0 aliphatic carbocycles. The molecule has 0 spiro atoms. The summed E-state index contributed by atoms with van der Waals surface area (Å²) in [7, 11) is -3.56. The summed E-state index contributed by atoms with van der Waals surface area (Å²) >= 11 is 0. The first-order valence-corrected chi connectivity index (χ1v) is 11.3. The van der Waals surface area contributed by atoms with E-state index in [9.17, 15) is 18.0 Å². The number of amides is 2. The van der Waals surface area contributed by atoms with Gasteiger partial charge in [0.1, 0.15) is 6.54 Å². The Balaban J connectivity index is 1.93. The quantitative estimate of drug-likeness (QED) is 0.782. The summed E-state index contributed by atoms with van der Waals surface area (Å²) in [6, 6.07) is 4.83. The lowest BCUT2D eigenvalue weighted by molar-refractivity contribution is -0.125. The maximum atomic E-state index is 13.0. The van der Waals surface area contributed by atoms with Gasteiger partial charge in [0, 0.05) is 24.8 Å². The molecule has 1 fully saturated rings. The van der Waals surface area contributed by atoms with Crippen LogP contribution in [0.15, 0.2) is 23.1 Å². The first-order valence-electron chi connectivity index (χ1n) is 9.85. The molecule has 1 aromatic carbocycles. The van der Waals surface area contributed by atoms with Crippen LogP contribution in [-0.2, 0) is 25.0 Å². The van der Waals surface area contributed by atoms with E-state index in [1.54, 1.807) is 32.0 Å². The lowest BCUT2D eigenvalue weighted by Crippen LogP contribution is -2.44. The van der Waals surface area contributed by atoms with Gasteiger partial charge in [-0.25, -0.2) is 8.42 Å². The molecule has 2 amide bonds. The zero-order valence-corrected chi connectivity index (χ0v) is 17.8. The number of anilines is 1. The SMILES string of the molecule is CC[C@@H](C)NC(=O)CN1C(=O)C(C)(C)c2cc(S(=O)(=O)N3CCCC3)ccc21. The van der Waals surface area contributed by atoms with Gasteiger partial charge in [0.25, 0.3) is 0 Å². The van der Waals surface area contributed by atoms with Crippen LogP contribution < -0.4 is 10.2 Å². The molecule has 1 aromatic rings. The lowest BCUT2D eigenvalue weighted by Gasteiger charge is -2.21. The summed E-state index contributed by atoms with van der Waals surface area (Å²) in [6.07, 6.45) is 2.54. The van der Waals surface area contributed by atoms with Gasteiger partial charge in [0.05, 0.1) is 10.3 Å². The third-order valence-electron chi connectivity index (χ3n) is 5.74. The zero-order chi connectivity index (χ0) is 20.7. The number of benzene rings is 1. The largest absolute Gasteiger partial charge is 0.352 e. The average Bonchev–Trinajstić information content (AvgIpc) is 3.25. The third-order valence-corrected chi connectivity index (χ3v) is 7.63. The molecule has 1 N–H and O–H groups in total. The predicted octanol–water partition coefficient (Wildman–Crippen LogP) is 2.01. The van der Waals surface area contributed by atoms with E-state index < -0.39 is 15.4 Å². The fraction of sp³-hybridized carbons (Fsp3) is 0.600. The minimum absolute atomic E-state index is 0.0330. The Morgan fingerprint density at radius 1 is 1.25 bits per heavy atom. The van der Waals surface area contributed by atoms with Crippen molar-refractivity contribution in [2.24, 2.45) is 0 Å². The van der Waals surface area contributed by atoms with E-state index >= 15 is 0 Å². The van der Waals surface area contributed by atoms with Gasteiger partial charge in [-0.2, -0.15) is 4.31 Å². The molecule has 3 rings (SSSR count). The number of nitrogens with one attached hydrogen (secondary N) is 1. The van der Waals surface area contributed by atoms with E-state index in [1.165, 1.54) is 9.21 Å². The number of carbonyl (C=O) groups excluding carboxylic acids is 2. The molecule has 2 heterocycles. The summed E-state index contributed by atoms with van der Waals surface area (Å²) in [4.78, 5) is 27.0. The fourth-order valence-corrected chi connectivity index (χ4v) is 5.32. The Hall–Kier alpha value is -1.93. The molecule has 154 valence electrons. The van der Waals surface area contributed by atoms with Crippen LogP contribution >= 0.6 is 0 Å². The van der Waals surface area contributed by atoms with Crippen molar-refractivity contribution in [3.05, 3.63) is 23.8 Å². The minimum atomic E-state index is -3.56. The normalized spacial score (nSPS) is 20.3. The summed E-state index contributed by atoms with van der Waals surface area (Å²) in [5, 5.41) is 2.87. The highest BCUT2D eigenvalue weighted by Gasteiger charge is 2.45. The zero-order valence-electron chi connectivity index (χ0n) is 17.0. The van der Waals surface area contributed by atoms with Crippen LogP contribution in [0.3, 0.4) is 0 Å². The van der Waals surface area contributed by atoms with Crippen molar-refractivity contribution in [1.82, 2.24) is 9.62 Å². The number of fused-ring (bicyclic) bond motifs is 1. The average molecular weight is 408 g/mol. The molecule has 0 saturated carbocycles. The van der Waals surface area contributed by atoms with Crippen molar-refractivity contribution in [1.29, 1.82) is 0 Å². The Bertz CT molecular complexity index is 889. The maximum absolute atomic E-state index is 13.0. The number of hydrogen-bond donors (Lipinski definition) is 1.